The lowest BCUT2D eigenvalue weighted by Crippen LogP contribution is -2.49. The summed E-state index contributed by atoms with van der Waals surface area (Å²) in [6, 6.07) is 5.60. The molecule has 1 heterocycles. The molecule has 6 heteroatoms. The number of carbonyl (C=O) groups excluding carboxylic acids is 2. The Morgan fingerprint density at radius 1 is 1.43 bits per heavy atom. The highest BCUT2D eigenvalue weighted by Crippen LogP contribution is 2.19. The summed E-state index contributed by atoms with van der Waals surface area (Å²) in [4.78, 5) is 25.4. The fourth-order valence-electron chi connectivity index (χ4n) is 2.56. The maximum absolute atomic E-state index is 13.5. The summed E-state index contributed by atoms with van der Waals surface area (Å²) >= 11 is 0. The molecule has 2 atom stereocenters. The first kappa shape index (κ1) is 15.4. The van der Waals surface area contributed by atoms with Gasteiger partial charge in [0.15, 0.2) is 0 Å². The Kier molecular flexibility index (Phi) is 4.90. The Morgan fingerprint density at radius 2 is 2.14 bits per heavy atom. The standard InChI is InChI=1S/C15H20FN3O2/c1-10(19-8-4-5-11(9-19)14(17)20)15(21)18-13-7-3-2-6-12(13)16/h2-3,6-7,10-11H,4-5,8-9H2,1H3,(H2,17,20)(H,18,21)/t10-,11+/m1/s1. The molecule has 0 bridgehead atoms. The Labute approximate surface area is 123 Å². The third kappa shape index (κ3) is 3.78. The van der Waals surface area contributed by atoms with E-state index in [-0.39, 0.29) is 23.4 Å². The third-order valence-corrected chi connectivity index (χ3v) is 3.91. The van der Waals surface area contributed by atoms with Gasteiger partial charge in [-0.3, -0.25) is 14.5 Å². The van der Waals surface area contributed by atoms with E-state index in [1.54, 1.807) is 19.1 Å². The van der Waals surface area contributed by atoms with Crippen LogP contribution in [0, 0.1) is 11.7 Å². The molecule has 0 radical (unpaired) electrons. The molecule has 2 amide bonds. The number of carbonyl (C=O) groups is 2. The van der Waals surface area contributed by atoms with Crippen molar-refractivity contribution in [1.82, 2.24) is 4.90 Å². The lowest BCUT2D eigenvalue weighted by Gasteiger charge is -2.34. The summed E-state index contributed by atoms with van der Waals surface area (Å²) in [7, 11) is 0. The van der Waals surface area contributed by atoms with Crippen LogP contribution in [0.2, 0.25) is 0 Å². The SMILES string of the molecule is C[C@H](C(=O)Nc1ccccc1F)N1CCC[C@H](C(N)=O)C1. The first-order valence-electron chi connectivity index (χ1n) is 7.08. The lowest BCUT2D eigenvalue weighted by atomic mass is 9.96. The van der Waals surface area contributed by atoms with Crippen LogP contribution < -0.4 is 11.1 Å². The molecule has 114 valence electrons. The quantitative estimate of drug-likeness (QED) is 0.880. The average molecular weight is 293 g/mol. The fraction of sp³-hybridized carbons (Fsp3) is 0.467. The van der Waals surface area contributed by atoms with Gasteiger partial charge in [0.1, 0.15) is 5.82 Å². The molecule has 1 aromatic carbocycles. The van der Waals surface area contributed by atoms with Gasteiger partial charge in [0.25, 0.3) is 0 Å². The molecule has 0 saturated carbocycles. The number of benzene rings is 1. The number of primary amides is 1. The monoisotopic (exact) mass is 293 g/mol. The number of anilines is 1. The van der Waals surface area contributed by atoms with Gasteiger partial charge in [-0.2, -0.15) is 0 Å². The zero-order valence-electron chi connectivity index (χ0n) is 12.0. The second kappa shape index (κ2) is 6.67. The van der Waals surface area contributed by atoms with Gasteiger partial charge in [0.05, 0.1) is 17.6 Å². The Morgan fingerprint density at radius 3 is 2.81 bits per heavy atom. The predicted molar refractivity (Wildman–Crippen MR) is 78.0 cm³/mol. The van der Waals surface area contributed by atoms with Crippen molar-refractivity contribution in [1.29, 1.82) is 0 Å². The number of hydrogen-bond donors (Lipinski definition) is 2. The number of para-hydroxylation sites is 1. The van der Waals surface area contributed by atoms with Crippen LogP contribution >= 0.6 is 0 Å². The maximum Gasteiger partial charge on any atom is 0.241 e. The van der Waals surface area contributed by atoms with Gasteiger partial charge in [-0.25, -0.2) is 4.39 Å². The molecule has 0 aliphatic carbocycles. The summed E-state index contributed by atoms with van der Waals surface area (Å²) in [6.07, 6.45) is 1.58. The van der Waals surface area contributed by atoms with Crippen molar-refractivity contribution < 1.29 is 14.0 Å². The predicted octanol–water partition coefficient (Wildman–Crippen LogP) is 1.35. The maximum atomic E-state index is 13.5. The highest BCUT2D eigenvalue weighted by Gasteiger charge is 2.29. The molecule has 3 N–H and O–H groups in total. The van der Waals surface area contributed by atoms with Crippen molar-refractivity contribution in [2.45, 2.75) is 25.8 Å². The normalized spacial score (nSPS) is 20.8. The summed E-state index contributed by atoms with van der Waals surface area (Å²) in [5.74, 6) is -1.30. The Hall–Kier alpha value is -1.95. The van der Waals surface area contributed by atoms with Crippen LogP contribution in [-0.2, 0) is 9.59 Å². The molecule has 2 rings (SSSR count). The summed E-state index contributed by atoms with van der Waals surface area (Å²) in [6.45, 7) is 2.95. The first-order chi connectivity index (χ1) is 9.99. The number of piperidine rings is 1. The van der Waals surface area contributed by atoms with Crippen LogP contribution in [0.3, 0.4) is 0 Å². The minimum Gasteiger partial charge on any atom is -0.369 e. The van der Waals surface area contributed by atoms with Gasteiger partial charge >= 0.3 is 0 Å². The molecular formula is C15H20FN3O2. The number of rotatable bonds is 4. The van der Waals surface area contributed by atoms with E-state index in [4.69, 9.17) is 5.73 Å². The van der Waals surface area contributed by atoms with Gasteiger partial charge < -0.3 is 11.1 Å². The van der Waals surface area contributed by atoms with Gasteiger partial charge in [-0.15, -0.1) is 0 Å². The molecule has 0 spiro atoms. The van der Waals surface area contributed by atoms with Crippen LogP contribution in [0.5, 0.6) is 0 Å². The summed E-state index contributed by atoms with van der Waals surface area (Å²) < 4.78 is 13.5. The number of amides is 2. The second-order valence-electron chi connectivity index (χ2n) is 5.38. The van der Waals surface area contributed by atoms with Crippen LogP contribution in [0.4, 0.5) is 10.1 Å². The molecule has 1 aromatic rings. The minimum absolute atomic E-state index is 0.165. The highest BCUT2D eigenvalue weighted by molar-refractivity contribution is 5.94. The molecule has 21 heavy (non-hydrogen) atoms. The molecule has 0 unspecified atom stereocenters. The van der Waals surface area contributed by atoms with Crippen LogP contribution in [-0.4, -0.2) is 35.8 Å². The number of nitrogens with one attached hydrogen (secondary N) is 1. The number of nitrogens with two attached hydrogens (primary N) is 1. The first-order valence-corrected chi connectivity index (χ1v) is 7.08. The van der Waals surface area contributed by atoms with Gasteiger partial charge in [0.2, 0.25) is 11.8 Å². The van der Waals surface area contributed by atoms with E-state index < -0.39 is 11.9 Å². The zero-order chi connectivity index (χ0) is 15.4. The van der Waals surface area contributed by atoms with Crippen molar-refractivity contribution in [3.63, 3.8) is 0 Å². The molecule has 1 aliphatic heterocycles. The van der Waals surface area contributed by atoms with E-state index in [2.05, 4.69) is 5.32 Å². The zero-order valence-corrected chi connectivity index (χ0v) is 12.0. The Bertz CT molecular complexity index is 535. The summed E-state index contributed by atoms with van der Waals surface area (Å²) in [5, 5.41) is 2.58. The van der Waals surface area contributed by atoms with Crippen LogP contribution in [0.15, 0.2) is 24.3 Å². The summed E-state index contributed by atoms with van der Waals surface area (Å²) in [5.41, 5.74) is 5.50. The average Bonchev–Trinajstić information content (AvgIpc) is 2.49. The van der Waals surface area contributed by atoms with E-state index in [9.17, 15) is 14.0 Å². The Balaban J connectivity index is 1.99. The molecule has 5 nitrogen and oxygen atoms in total. The second-order valence-corrected chi connectivity index (χ2v) is 5.38. The molecule has 1 aliphatic rings. The third-order valence-electron chi connectivity index (χ3n) is 3.91. The number of nitrogens with zero attached hydrogens (tertiary/aromatic N) is 1. The van der Waals surface area contributed by atoms with Crippen molar-refractivity contribution in [2.75, 3.05) is 18.4 Å². The molecule has 1 saturated heterocycles. The van der Waals surface area contributed by atoms with Crippen molar-refractivity contribution in [3.8, 4) is 0 Å². The fourth-order valence-corrected chi connectivity index (χ4v) is 2.56. The molecular weight excluding hydrogens is 273 g/mol. The van der Waals surface area contributed by atoms with Crippen molar-refractivity contribution in [2.24, 2.45) is 11.7 Å². The van der Waals surface area contributed by atoms with Crippen LogP contribution in [0.1, 0.15) is 19.8 Å². The molecule has 0 aromatic heterocycles. The topological polar surface area (TPSA) is 75.4 Å². The lowest BCUT2D eigenvalue weighted by molar-refractivity contribution is -0.127. The van der Waals surface area contributed by atoms with Gasteiger partial charge in [-0.05, 0) is 38.4 Å². The van der Waals surface area contributed by atoms with E-state index >= 15 is 0 Å². The largest absolute Gasteiger partial charge is 0.369 e. The number of hydrogen-bond acceptors (Lipinski definition) is 3. The van der Waals surface area contributed by atoms with Gasteiger partial charge in [0, 0.05) is 6.54 Å². The van der Waals surface area contributed by atoms with Gasteiger partial charge in [-0.1, -0.05) is 12.1 Å². The smallest absolute Gasteiger partial charge is 0.241 e. The van der Waals surface area contributed by atoms with Crippen molar-refractivity contribution >= 4 is 17.5 Å². The van der Waals surface area contributed by atoms with Crippen LogP contribution in [0.25, 0.3) is 0 Å². The van der Waals surface area contributed by atoms with E-state index in [0.717, 1.165) is 19.4 Å². The van der Waals surface area contributed by atoms with Crippen molar-refractivity contribution in [3.05, 3.63) is 30.1 Å². The number of halogens is 1. The number of likely N-dealkylation sites (tertiary alicyclic amines) is 1. The van der Waals surface area contributed by atoms with E-state index in [1.165, 1.54) is 12.1 Å². The van der Waals surface area contributed by atoms with E-state index in [1.807, 2.05) is 4.90 Å². The molecule has 1 fully saturated rings. The van der Waals surface area contributed by atoms with E-state index in [0.29, 0.717) is 6.54 Å². The minimum atomic E-state index is -0.466. The highest BCUT2D eigenvalue weighted by atomic mass is 19.1.